The number of amides is 1. The van der Waals surface area contributed by atoms with Crippen LogP contribution in [-0.4, -0.2) is 39.0 Å². The molecule has 1 fully saturated rings. The summed E-state index contributed by atoms with van der Waals surface area (Å²) in [6.07, 6.45) is 5.64. The van der Waals surface area contributed by atoms with Gasteiger partial charge in [0, 0.05) is 37.0 Å². The molecule has 1 aliphatic rings. The SMILES string of the molecule is Cc1cc(CC(=O)N2CCC[C@@H](c3ccncn3)C2)on1. The number of carbonyl (C=O) groups excluding carboxylic acids is 1. The van der Waals surface area contributed by atoms with Crippen molar-refractivity contribution in [3.8, 4) is 0 Å². The van der Waals surface area contributed by atoms with E-state index in [4.69, 9.17) is 4.52 Å². The smallest absolute Gasteiger partial charge is 0.230 e. The average molecular weight is 286 g/mol. The van der Waals surface area contributed by atoms with Crippen molar-refractivity contribution < 1.29 is 9.32 Å². The summed E-state index contributed by atoms with van der Waals surface area (Å²) in [5.74, 6) is 1.01. The first-order chi connectivity index (χ1) is 10.2. The van der Waals surface area contributed by atoms with Gasteiger partial charge in [-0.2, -0.15) is 0 Å². The lowest BCUT2D eigenvalue weighted by Crippen LogP contribution is -2.40. The zero-order chi connectivity index (χ0) is 14.7. The minimum absolute atomic E-state index is 0.0879. The minimum Gasteiger partial charge on any atom is -0.361 e. The summed E-state index contributed by atoms with van der Waals surface area (Å²) in [4.78, 5) is 22.5. The Balaban J connectivity index is 1.64. The van der Waals surface area contributed by atoms with Gasteiger partial charge in [-0.25, -0.2) is 9.97 Å². The molecule has 0 unspecified atom stereocenters. The van der Waals surface area contributed by atoms with Crippen LogP contribution in [0.25, 0.3) is 0 Å². The van der Waals surface area contributed by atoms with Gasteiger partial charge in [0.25, 0.3) is 0 Å². The number of hydrogen-bond acceptors (Lipinski definition) is 5. The van der Waals surface area contributed by atoms with Gasteiger partial charge in [-0.1, -0.05) is 5.16 Å². The molecule has 1 amide bonds. The molecule has 1 atom stereocenters. The summed E-state index contributed by atoms with van der Waals surface area (Å²) in [5.41, 5.74) is 1.81. The first-order valence-corrected chi connectivity index (χ1v) is 7.18. The summed E-state index contributed by atoms with van der Waals surface area (Å²) in [7, 11) is 0. The summed E-state index contributed by atoms with van der Waals surface area (Å²) in [5, 5.41) is 3.81. The Morgan fingerprint density at radius 1 is 1.52 bits per heavy atom. The molecule has 3 rings (SSSR count). The summed E-state index contributed by atoms with van der Waals surface area (Å²) in [6.45, 7) is 3.36. The molecule has 1 aliphatic heterocycles. The van der Waals surface area contributed by atoms with Crippen LogP contribution in [0.2, 0.25) is 0 Å². The fourth-order valence-electron chi connectivity index (χ4n) is 2.75. The molecule has 6 heteroatoms. The number of aryl methyl sites for hydroxylation is 1. The third-order valence-electron chi connectivity index (χ3n) is 3.80. The van der Waals surface area contributed by atoms with E-state index in [1.165, 1.54) is 0 Å². The van der Waals surface area contributed by atoms with E-state index in [-0.39, 0.29) is 12.3 Å². The van der Waals surface area contributed by atoms with Gasteiger partial charge in [-0.3, -0.25) is 4.79 Å². The van der Waals surface area contributed by atoms with E-state index < -0.39 is 0 Å². The monoisotopic (exact) mass is 286 g/mol. The summed E-state index contributed by atoms with van der Waals surface area (Å²) < 4.78 is 5.12. The van der Waals surface area contributed by atoms with E-state index in [9.17, 15) is 4.79 Å². The number of piperidine rings is 1. The van der Waals surface area contributed by atoms with Gasteiger partial charge in [-0.15, -0.1) is 0 Å². The highest BCUT2D eigenvalue weighted by molar-refractivity contribution is 5.78. The molecular formula is C15H18N4O2. The van der Waals surface area contributed by atoms with Gasteiger partial charge < -0.3 is 9.42 Å². The summed E-state index contributed by atoms with van der Waals surface area (Å²) >= 11 is 0. The van der Waals surface area contributed by atoms with Crippen molar-refractivity contribution >= 4 is 5.91 Å². The quantitative estimate of drug-likeness (QED) is 0.859. The molecule has 0 N–H and O–H groups in total. The predicted octanol–water partition coefficient (Wildman–Crippen LogP) is 1.72. The molecular weight excluding hydrogens is 268 g/mol. The second kappa shape index (κ2) is 6.03. The minimum atomic E-state index is 0.0879. The molecule has 0 aromatic carbocycles. The maximum absolute atomic E-state index is 12.4. The van der Waals surface area contributed by atoms with E-state index in [2.05, 4.69) is 15.1 Å². The largest absolute Gasteiger partial charge is 0.361 e. The van der Waals surface area contributed by atoms with Gasteiger partial charge >= 0.3 is 0 Å². The van der Waals surface area contributed by atoms with Crippen molar-refractivity contribution in [2.24, 2.45) is 0 Å². The lowest BCUT2D eigenvalue weighted by molar-refractivity contribution is -0.132. The Kier molecular flexibility index (Phi) is 3.94. The van der Waals surface area contributed by atoms with Crippen molar-refractivity contribution in [3.63, 3.8) is 0 Å². The first-order valence-electron chi connectivity index (χ1n) is 7.18. The molecule has 2 aromatic heterocycles. The highest BCUT2D eigenvalue weighted by atomic mass is 16.5. The molecule has 0 saturated carbocycles. The molecule has 110 valence electrons. The van der Waals surface area contributed by atoms with Crippen molar-refractivity contribution in [2.75, 3.05) is 13.1 Å². The van der Waals surface area contributed by atoms with E-state index in [0.717, 1.165) is 30.8 Å². The number of likely N-dealkylation sites (tertiary alicyclic amines) is 1. The standard InChI is InChI=1S/C15H18N4O2/c1-11-7-13(21-18-11)8-15(20)19-6-2-3-12(9-19)14-4-5-16-10-17-14/h4-5,7,10,12H,2-3,6,8-9H2,1H3/t12-/m1/s1. The zero-order valence-electron chi connectivity index (χ0n) is 12.0. The third-order valence-corrected chi connectivity index (χ3v) is 3.80. The maximum Gasteiger partial charge on any atom is 0.230 e. The second-order valence-corrected chi connectivity index (χ2v) is 5.42. The van der Waals surface area contributed by atoms with E-state index >= 15 is 0 Å². The molecule has 2 aromatic rings. The zero-order valence-corrected chi connectivity index (χ0v) is 12.0. The normalized spacial score (nSPS) is 18.7. The van der Waals surface area contributed by atoms with E-state index in [1.54, 1.807) is 12.5 Å². The molecule has 1 saturated heterocycles. The molecule has 0 bridgehead atoms. The fraction of sp³-hybridized carbons (Fsp3) is 0.467. The van der Waals surface area contributed by atoms with Crippen LogP contribution in [0.5, 0.6) is 0 Å². The third kappa shape index (κ3) is 3.26. The van der Waals surface area contributed by atoms with Crippen LogP contribution in [-0.2, 0) is 11.2 Å². The van der Waals surface area contributed by atoms with Gasteiger partial charge in [-0.05, 0) is 25.8 Å². The van der Waals surface area contributed by atoms with Gasteiger partial charge in [0.2, 0.25) is 5.91 Å². The van der Waals surface area contributed by atoms with Gasteiger partial charge in [0.1, 0.15) is 12.1 Å². The number of hydrogen-bond donors (Lipinski definition) is 0. The van der Waals surface area contributed by atoms with Crippen LogP contribution in [0.4, 0.5) is 0 Å². The Morgan fingerprint density at radius 2 is 2.43 bits per heavy atom. The lowest BCUT2D eigenvalue weighted by Gasteiger charge is -2.32. The Labute approximate surface area is 123 Å². The van der Waals surface area contributed by atoms with Crippen LogP contribution in [0, 0.1) is 6.92 Å². The molecule has 0 spiro atoms. The molecule has 6 nitrogen and oxygen atoms in total. The van der Waals surface area contributed by atoms with Gasteiger partial charge in [0.15, 0.2) is 0 Å². The van der Waals surface area contributed by atoms with Crippen molar-refractivity contribution in [1.82, 2.24) is 20.0 Å². The average Bonchev–Trinajstić information content (AvgIpc) is 2.93. The van der Waals surface area contributed by atoms with E-state index in [1.807, 2.05) is 24.0 Å². The van der Waals surface area contributed by atoms with Crippen molar-refractivity contribution in [1.29, 1.82) is 0 Å². The van der Waals surface area contributed by atoms with Crippen LogP contribution < -0.4 is 0 Å². The number of aromatic nitrogens is 3. The van der Waals surface area contributed by atoms with Crippen molar-refractivity contribution in [3.05, 3.63) is 41.8 Å². The first kappa shape index (κ1) is 13.7. The number of rotatable bonds is 3. The second-order valence-electron chi connectivity index (χ2n) is 5.42. The number of nitrogens with zero attached hydrogens (tertiary/aromatic N) is 4. The predicted molar refractivity (Wildman–Crippen MR) is 75.5 cm³/mol. The highest BCUT2D eigenvalue weighted by Gasteiger charge is 2.26. The lowest BCUT2D eigenvalue weighted by atomic mass is 9.94. The van der Waals surface area contributed by atoms with E-state index in [0.29, 0.717) is 18.2 Å². The molecule has 21 heavy (non-hydrogen) atoms. The Bertz CT molecular complexity index is 611. The molecule has 0 aliphatic carbocycles. The topological polar surface area (TPSA) is 72.1 Å². The van der Waals surface area contributed by atoms with Crippen molar-refractivity contribution in [2.45, 2.75) is 32.1 Å². The van der Waals surface area contributed by atoms with Crippen LogP contribution in [0.1, 0.15) is 35.9 Å². The van der Waals surface area contributed by atoms with Crippen LogP contribution in [0.3, 0.4) is 0 Å². The fourth-order valence-corrected chi connectivity index (χ4v) is 2.75. The van der Waals surface area contributed by atoms with Gasteiger partial charge in [0.05, 0.1) is 12.1 Å². The maximum atomic E-state index is 12.4. The number of carbonyl (C=O) groups is 1. The van der Waals surface area contributed by atoms with Crippen LogP contribution >= 0.6 is 0 Å². The summed E-state index contributed by atoms with van der Waals surface area (Å²) in [6, 6.07) is 3.74. The molecule has 0 radical (unpaired) electrons. The molecule has 3 heterocycles. The Hall–Kier alpha value is -2.24. The Morgan fingerprint density at radius 3 is 3.14 bits per heavy atom. The highest BCUT2D eigenvalue weighted by Crippen LogP contribution is 2.25. The van der Waals surface area contributed by atoms with Crippen LogP contribution in [0.15, 0.2) is 29.2 Å².